The maximum Gasteiger partial charge on any atom is 0.123 e. The first-order valence-corrected chi connectivity index (χ1v) is 6.42. The highest BCUT2D eigenvalue weighted by atomic mass is 19.1. The minimum atomic E-state index is -0.193. The van der Waals surface area contributed by atoms with E-state index in [2.05, 4.69) is 12.3 Å². The number of rotatable bonds is 3. The number of hydrazine groups is 1. The number of nitrogens with one attached hydrogen (secondary N) is 1. The highest BCUT2D eigenvalue weighted by Crippen LogP contribution is 2.36. The minimum Gasteiger partial charge on any atom is -0.271 e. The average Bonchev–Trinajstić information content (AvgIpc) is 2.33. The zero-order chi connectivity index (χ0) is 12.3. The summed E-state index contributed by atoms with van der Waals surface area (Å²) in [5.41, 5.74) is 4.00. The standard InChI is InChI=1S/C14H21FN2/c1-10-3-2-4-12(9-10)14(17-16)11-5-7-13(15)8-6-11/h5-8,10,12,14,17H,2-4,9,16H2,1H3. The van der Waals surface area contributed by atoms with Crippen molar-refractivity contribution in [3.8, 4) is 0 Å². The van der Waals surface area contributed by atoms with E-state index in [0.29, 0.717) is 5.92 Å². The molecule has 3 N–H and O–H groups in total. The number of halogens is 1. The molecule has 1 fully saturated rings. The van der Waals surface area contributed by atoms with E-state index in [-0.39, 0.29) is 11.9 Å². The van der Waals surface area contributed by atoms with Gasteiger partial charge in [0.15, 0.2) is 0 Å². The molecular weight excluding hydrogens is 215 g/mol. The van der Waals surface area contributed by atoms with Crippen LogP contribution in [0.5, 0.6) is 0 Å². The molecule has 1 aliphatic rings. The topological polar surface area (TPSA) is 38.0 Å². The molecule has 0 radical (unpaired) electrons. The first-order valence-electron chi connectivity index (χ1n) is 6.42. The smallest absolute Gasteiger partial charge is 0.123 e. The van der Waals surface area contributed by atoms with Crippen molar-refractivity contribution >= 4 is 0 Å². The normalized spacial score (nSPS) is 26.8. The summed E-state index contributed by atoms with van der Waals surface area (Å²) in [6.45, 7) is 2.30. The monoisotopic (exact) mass is 236 g/mol. The Morgan fingerprint density at radius 2 is 2.00 bits per heavy atom. The molecule has 3 atom stereocenters. The number of benzene rings is 1. The molecule has 1 saturated carbocycles. The highest BCUT2D eigenvalue weighted by Gasteiger charge is 2.26. The van der Waals surface area contributed by atoms with Crippen LogP contribution in [0, 0.1) is 17.7 Å². The molecule has 94 valence electrons. The molecule has 1 aliphatic carbocycles. The summed E-state index contributed by atoms with van der Waals surface area (Å²) < 4.78 is 12.9. The zero-order valence-electron chi connectivity index (χ0n) is 10.3. The third-order valence-electron chi connectivity index (χ3n) is 3.86. The van der Waals surface area contributed by atoms with Gasteiger partial charge in [0.05, 0.1) is 0 Å². The number of nitrogens with two attached hydrogens (primary N) is 1. The van der Waals surface area contributed by atoms with Crippen molar-refractivity contribution in [2.45, 2.75) is 38.6 Å². The van der Waals surface area contributed by atoms with Crippen LogP contribution in [-0.4, -0.2) is 0 Å². The van der Waals surface area contributed by atoms with Crippen LogP contribution in [0.4, 0.5) is 4.39 Å². The summed E-state index contributed by atoms with van der Waals surface area (Å²) in [6, 6.07) is 6.83. The van der Waals surface area contributed by atoms with Crippen molar-refractivity contribution < 1.29 is 4.39 Å². The van der Waals surface area contributed by atoms with Crippen LogP contribution in [0.3, 0.4) is 0 Å². The van der Waals surface area contributed by atoms with Gasteiger partial charge in [-0.25, -0.2) is 4.39 Å². The van der Waals surface area contributed by atoms with Gasteiger partial charge in [-0.15, -0.1) is 0 Å². The van der Waals surface area contributed by atoms with Gasteiger partial charge < -0.3 is 0 Å². The number of hydrogen-bond donors (Lipinski definition) is 2. The fraction of sp³-hybridized carbons (Fsp3) is 0.571. The van der Waals surface area contributed by atoms with Crippen LogP contribution < -0.4 is 11.3 Å². The second-order valence-corrected chi connectivity index (χ2v) is 5.23. The molecule has 0 aromatic heterocycles. The Balaban J connectivity index is 2.12. The van der Waals surface area contributed by atoms with Gasteiger partial charge in [-0.1, -0.05) is 31.9 Å². The van der Waals surface area contributed by atoms with E-state index < -0.39 is 0 Å². The van der Waals surface area contributed by atoms with Crippen molar-refractivity contribution in [1.82, 2.24) is 5.43 Å². The van der Waals surface area contributed by atoms with Gasteiger partial charge in [0.1, 0.15) is 5.82 Å². The Hall–Kier alpha value is -0.930. The average molecular weight is 236 g/mol. The fourth-order valence-electron chi connectivity index (χ4n) is 2.96. The van der Waals surface area contributed by atoms with Crippen LogP contribution in [-0.2, 0) is 0 Å². The summed E-state index contributed by atoms with van der Waals surface area (Å²) in [5, 5.41) is 0. The van der Waals surface area contributed by atoms with Crippen LogP contribution in [0.15, 0.2) is 24.3 Å². The van der Waals surface area contributed by atoms with E-state index >= 15 is 0 Å². The third kappa shape index (κ3) is 3.05. The molecule has 1 aromatic rings. The lowest BCUT2D eigenvalue weighted by Crippen LogP contribution is -2.35. The molecule has 0 saturated heterocycles. The van der Waals surface area contributed by atoms with Crippen molar-refractivity contribution in [2.24, 2.45) is 17.7 Å². The molecule has 17 heavy (non-hydrogen) atoms. The van der Waals surface area contributed by atoms with E-state index in [1.807, 2.05) is 12.1 Å². The molecule has 3 unspecified atom stereocenters. The van der Waals surface area contributed by atoms with Gasteiger partial charge in [0.25, 0.3) is 0 Å². The predicted molar refractivity (Wildman–Crippen MR) is 67.6 cm³/mol. The second kappa shape index (κ2) is 5.61. The molecule has 0 bridgehead atoms. The molecule has 3 heteroatoms. The van der Waals surface area contributed by atoms with Gasteiger partial charge in [0.2, 0.25) is 0 Å². The van der Waals surface area contributed by atoms with Crippen LogP contribution >= 0.6 is 0 Å². The second-order valence-electron chi connectivity index (χ2n) is 5.23. The quantitative estimate of drug-likeness (QED) is 0.625. The first-order chi connectivity index (χ1) is 8.20. The van der Waals surface area contributed by atoms with Gasteiger partial charge in [0, 0.05) is 6.04 Å². The Morgan fingerprint density at radius 1 is 1.29 bits per heavy atom. The SMILES string of the molecule is CC1CCCC(C(NN)c2ccc(F)cc2)C1. The van der Waals surface area contributed by atoms with E-state index in [1.165, 1.54) is 37.8 Å². The van der Waals surface area contributed by atoms with Crippen molar-refractivity contribution in [3.63, 3.8) is 0 Å². The molecule has 0 amide bonds. The summed E-state index contributed by atoms with van der Waals surface area (Å²) in [4.78, 5) is 0. The van der Waals surface area contributed by atoms with Gasteiger partial charge >= 0.3 is 0 Å². The zero-order valence-corrected chi connectivity index (χ0v) is 10.3. The highest BCUT2D eigenvalue weighted by molar-refractivity contribution is 5.20. The molecular formula is C14H21FN2. The lowest BCUT2D eigenvalue weighted by Gasteiger charge is -2.33. The predicted octanol–water partition coefficient (Wildman–Crippen LogP) is 3.16. The molecule has 2 rings (SSSR count). The summed E-state index contributed by atoms with van der Waals surface area (Å²) in [7, 11) is 0. The third-order valence-corrected chi connectivity index (χ3v) is 3.86. The Morgan fingerprint density at radius 3 is 2.59 bits per heavy atom. The molecule has 2 nitrogen and oxygen atoms in total. The molecule has 0 spiro atoms. The maximum atomic E-state index is 12.9. The largest absolute Gasteiger partial charge is 0.271 e. The number of hydrogen-bond acceptors (Lipinski definition) is 2. The van der Waals surface area contributed by atoms with Crippen LogP contribution in [0.25, 0.3) is 0 Å². The van der Waals surface area contributed by atoms with Gasteiger partial charge in [-0.3, -0.25) is 11.3 Å². The molecule has 1 aromatic carbocycles. The first kappa shape index (κ1) is 12.5. The van der Waals surface area contributed by atoms with Gasteiger partial charge in [-0.05, 0) is 42.4 Å². The Kier molecular flexibility index (Phi) is 4.13. The van der Waals surface area contributed by atoms with E-state index in [9.17, 15) is 4.39 Å². The Labute approximate surface area is 102 Å². The summed E-state index contributed by atoms with van der Waals surface area (Å²) in [6.07, 6.45) is 4.99. The summed E-state index contributed by atoms with van der Waals surface area (Å²) in [5.74, 6) is 6.82. The van der Waals surface area contributed by atoms with Crippen molar-refractivity contribution in [3.05, 3.63) is 35.6 Å². The van der Waals surface area contributed by atoms with Crippen molar-refractivity contribution in [1.29, 1.82) is 0 Å². The van der Waals surface area contributed by atoms with Gasteiger partial charge in [-0.2, -0.15) is 0 Å². The van der Waals surface area contributed by atoms with Crippen LogP contribution in [0.1, 0.15) is 44.2 Å². The van der Waals surface area contributed by atoms with E-state index in [1.54, 1.807) is 0 Å². The van der Waals surface area contributed by atoms with Crippen molar-refractivity contribution in [2.75, 3.05) is 0 Å². The minimum absolute atomic E-state index is 0.151. The lowest BCUT2D eigenvalue weighted by atomic mass is 9.77. The van der Waals surface area contributed by atoms with E-state index in [4.69, 9.17) is 5.84 Å². The van der Waals surface area contributed by atoms with E-state index in [0.717, 1.165) is 11.5 Å². The fourth-order valence-corrected chi connectivity index (χ4v) is 2.96. The molecule has 0 aliphatic heterocycles. The summed E-state index contributed by atoms with van der Waals surface area (Å²) >= 11 is 0. The van der Waals surface area contributed by atoms with Crippen LogP contribution in [0.2, 0.25) is 0 Å². The molecule has 0 heterocycles. The Bertz CT molecular complexity index is 350. The maximum absolute atomic E-state index is 12.9. The lowest BCUT2D eigenvalue weighted by molar-refractivity contribution is 0.224.